The number of ketones is 1. The molecule has 1 fully saturated rings. The van der Waals surface area contributed by atoms with Crippen LogP contribution in [0.1, 0.15) is 54.0 Å². The quantitative estimate of drug-likeness (QED) is 0.175. The van der Waals surface area contributed by atoms with Crippen LogP contribution in [-0.4, -0.2) is 26.4 Å². The molecule has 0 amide bonds. The molecular formula is C34H31ClN2O4. The predicted octanol–water partition coefficient (Wildman–Crippen LogP) is 7.72. The zero-order chi connectivity index (χ0) is 28.7. The summed E-state index contributed by atoms with van der Waals surface area (Å²) < 4.78 is 8.28. The average molecular weight is 567 g/mol. The molecule has 0 aliphatic heterocycles. The fraction of sp³-hybridized carbons (Fsp3) is 0.265. The van der Waals surface area contributed by atoms with E-state index in [1.165, 1.54) is 0 Å². The molecule has 208 valence electrons. The van der Waals surface area contributed by atoms with Crippen molar-refractivity contribution < 1.29 is 19.4 Å². The number of halogens is 1. The number of aliphatic carboxylic acids is 1. The molecule has 2 aromatic heterocycles. The summed E-state index contributed by atoms with van der Waals surface area (Å²) in [4.78, 5) is 30.7. The summed E-state index contributed by atoms with van der Waals surface area (Å²) in [5.74, 6) is -0.223. The predicted molar refractivity (Wildman–Crippen MR) is 161 cm³/mol. The van der Waals surface area contributed by atoms with Crippen molar-refractivity contribution in [2.75, 3.05) is 0 Å². The van der Waals surface area contributed by atoms with Gasteiger partial charge in [0.15, 0.2) is 5.78 Å². The Morgan fingerprint density at radius 3 is 2.51 bits per heavy atom. The van der Waals surface area contributed by atoms with E-state index in [0.29, 0.717) is 22.9 Å². The lowest BCUT2D eigenvalue weighted by Crippen LogP contribution is -2.28. The van der Waals surface area contributed by atoms with E-state index in [1.807, 2.05) is 78.9 Å². The highest BCUT2D eigenvalue weighted by Gasteiger charge is 2.37. The van der Waals surface area contributed by atoms with Crippen LogP contribution in [0.25, 0.3) is 21.8 Å². The average Bonchev–Trinajstić information content (AvgIpc) is 3.77. The molecule has 41 heavy (non-hydrogen) atoms. The van der Waals surface area contributed by atoms with Crippen molar-refractivity contribution >= 4 is 45.2 Å². The summed E-state index contributed by atoms with van der Waals surface area (Å²) in [5.41, 5.74) is 3.89. The lowest BCUT2D eigenvalue weighted by Gasteiger charge is -2.22. The Hall–Kier alpha value is -4.16. The molecule has 1 N–H and O–H groups in total. The maximum absolute atomic E-state index is 13.8. The van der Waals surface area contributed by atoms with Crippen LogP contribution in [0, 0.1) is 11.3 Å². The van der Waals surface area contributed by atoms with Crippen molar-refractivity contribution in [3.8, 4) is 5.75 Å². The van der Waals surface area contributed by atoms with Crippen molar-refractivity contribution in [1.82, 2.24) is 9.55 Å². The fourth-order valence-corrected chi connectivity index (χ4v) is 5.40. The lowest BCUT2D eigenvalue weighted by atomic mass is 9.85. The third-order valence-electron chi connectivity index (χ3n) is 7.82. The first-order valence-corrected chi connectivity index (χ1v) is 14.2. The van der Waals surface area contributed by atoms with E-state index in [1.54, 1.807) is 13.8 Å². The van der Waals surface area contributed by atoms with Crippen LogP contribution in [0.5, 0.6) is 5.75 Å². The van der Waals surface area contributed by atoms with E-state index in [2.05, 4.69) is 4.57 Å². The number of pyridine rings is 1. The summed E-state index contributed by atoms with van der Waals surface area (Å²) in [6, 6.07) is 25.3. The second-order valence-corrected chi connectivity index (χ2v) is 11.9. The van der Waals surface area contributed by atoms with E-state index >= 15 is 0 Å². The van der Waals surface area contributed by atoms with Crippen molar-refractivity contribution in [3.05, 3.63) is 106 Å². The summed E-state index contributed by atoms with van der Waals surface area (Å²) in [6.45, 7) is 4.18. The van der Waals surface area contributed by atoms with Gasteiger partial charge >= 0.3 is 5.97 Å². The molecule has 6 rings (SSSR count). The molecule has 1 aliphatic carbocycles. The molecule has 0 spiro atoms. The first-order chi connectivity index (χ1) is 19.7. The van der Waals surface area contributed by atoms with Gasteiger partial charge in [0.25, 0.3) is 0 Å². The zero-order valence-electron chi connectivity index (χ0n) is 23.1. The van der Waals surface area contributed by atoms with Crippen molar-refractivity contribution in [2.24, 2.45) is 11.3 Å². The van der Waals surface area contributed by atoms with Crippen LogP contribution >= 0.6 is 11.6 Å². The summed E-state index contributed by atoms with van der Waals surface area (Å²) in [5, 5.41) is 12.5. The molecule has 6 nitrogen and oxygen atoms in total. The Bertz CT molecular complexity index is 1780. The number of carboxylic acids is 1. The Kier molecular flexibility index (Phi) is 7.04. The van der Waals surface area contributed by atoms with Gasteiger partial charge < -0.3 is 14.4 Å². The van der Waals surface area contributed by atoms with Gasteiger partial charge in [0.05, 0.1) is 16.6 Å². The standard InChI is InChI=1S/C34H31ClN2O4/c1-34(2,33(39)40)18-30-31(32(38)23-9-10-23)27-17-26(41-20-25-14-11-22-5-3-4-6-28(22)36-25)15-16-29(27)37(30)19-21-7-12-24(35)13-8-21/h3-8,11-17,23H,9-10,18-20H2,1-2H3,(H,39,40). The minimum Gasteiger partial charge on any atom is -0.487 e. The van der Waals surface area contributed by atoms with Crippen molar-refractivity contribution in [1.29, 1.82) is 0 Å². The monoisotopic (exact) mass is 566 g/mol. The van der Waals surface area contributed by atoms with Gasteiger partial charge in [-0.25, -0.2) is 4.98 Å². The molecule has 2 heterocycles. The molecule has 0 unspecified atom stereocenters. The van der Waals surface area contributed by atoms with Crippen LogP contribution < -0.4 is 4.74 Å². The van der Waals surface area contributed by atoms with Crippen LogP contribution in [-0.2, 0) is 24.4 Å². The SMILES string of the molecule is CC(C)(Cc1c(C(=O)C2CC2)c2cc(OCc3ccc4ccccc4n3)ccc2n1Cc1ccc(Cl)cc1)C(=O)O. The molecular weight excluding hydrogens is 536 g/mol. The number of nitrogens with zero attached hydrogens (tertiary/aromatic N) is 2. The number of aromatic nitrogens is 2. The second-order valence-electron chi connectivity index (χ2n) is 11.5. The van der Waals surface area contributed by atoms with Crippen LogP contribution in [0.4, 0.5) is 0 Å². The molecule has 3 aromatic carbocycles. The Balaban J connectivity index is 1.43. The highest BCUT2D eigenvalue weighted by molar-refractivity contribution is 6.30. The maximum atomic E-state index is 13.8. The molecule has 0 radical (unpaired) electrons. The van der Waals surface area contributed by atoms with Crippen LogP contribution in [0.15, 0.2) is 78.9 Å². The number of hydrogen-bond acceptors (Lipinski definition) is 4. The molecule has 1 aliphatic rings. The summed E-state index contributed by atoms with van der Waals surface area (Å²) in [7, 11) is 0. The highest BCUT2D eigenvalue weighted by Crippen LogP contribution is 2.40. The van der Waals surface area contributed by atoms with Gasteiger partial charge in [0.1, 0.15) is 12.4 Å². The number of hydrogen-bond donors (Lipinski definition) is 1. The Morgan fingerprint density at radius 1 is 1.02 bits per heavy atom. The number of rotatable bonds is 10. The number of carboxylic acid groups (broad SMARTS) is 1. The largest absolute Gasteiger partial charge is 0.487 e. The van der Waals surface area contributed by atoms with Gasteiger partial charge in [0.2, 0.25) is 0 Å². The molecule has 5 aromatic rings. The molecule has 0 saturated heterocycles. The first-order valence-electron chi connectivity index (χ1n) is 13.8. The smallest absolute Gasteiger partial charge is 0.309 e. The molecule has 7 heteroatoms. The number of benzene rings is 3. The zero-order valence-corrected chi connectivity index (χ0v) is 23.8. The van der Waals surface area contributed by atoms with E-state index < -0.39 is 11.4 Å². The minimum atomic E-state index is -1.06. The van der Waals surface area contributed by atoms with E-state index in [0.717, 1.165) is 51.6 Å². The van der Waals surface area contributed by atoms with E-state index in [9.17, 15) is 14.7 Å². The number of carbonyl (C=O) groups excluding carboxylic acids is 1. The van der Waals surface area contributed by atoms with Gasteiger partial charge in [-0.1, -0.05) is 48.0 Å². The van der Waals surface area contributed by atoms with E-state index in [4.69, 9.17) is 21.3 Å². The number of Topliss-reactive ketones (excluding diaryl/α,β-unsaturated/α-hetero) is 1. The normalized spacial score (nSPS) is 13.5. The second kappa shape index (κ2) is 10.7. The third-order valence-corrected chi connectivity index (χ3v) is 8.07. The van der Waals surface area contributed by atoms with Gasteiger partial charge in [-0.2, -0.15) is 0 Å². The topological polar surface area (TPSA) is 81.4 Å². The van der Waals surface area contributed by atoms with Gasteiger partial charge in [0, 0.05) is 51.5 Å². The molecule has 1 saturated carbocycles. The minimum absolute atomic E-state index is 0.0253. The van der Waals surface area contributed by atoms with E-state index in [-0.39, 0.29) is 24.7 Å². The number of para-hydroxylation sites is 1. The summed E-state index contributed by atoms with van der Waals surface area (Å²) >= 11 is 6.14. The number of carbonyl (C=O) groups is 2. The highest BCUT2D eigenvalue weighted by atomic mass is 35.5. The third kappa shape index (κ3) is 5.57. The maximum Gasteiger partial charge on any atom is 0.309 e. The number of ether oxygens (including phenoxy) is 1. The van der Waals surface area contributed by atoms with Gasteiger partial charge in [-0.05, 0) is 74.7 Å². The Labute approximate surface area is 243 Å². The van der Waals surface area contributed by atoms with Crippen molar-refractivity contribution in [2.45, 2.75) is 46.3 Å². The first kappa shape index (κ1) is 27.0. The van der Waals surface area contributed by atoms with Crippen molar-refractivity contribution in [3.63, 3.8) is 0 Å². The Morgan fingerprint density at radius 2 is 1.78 bits per heavy atom. The lowest BCUT2D eigenvalue weighted by molar-refractivity contribution is -0.146. The molecule has 0 bridgehead atoms. The number of fused-ring (bicyclic) bond motifs is 2. The van der Waals surface area contributed by atoms with Crippen LogP contribution in [0.3, 0.4) is 0 Å². The van der Waals surface area contributed by atoms with Crippen LogP contribution in [0.2, 0.25) is 5.02 Å². The summed E-state index contributed by atoms with van der Waals surface area (Å²) in [6.07, 6.45) is 1.93. The van der Waals surface area contributed by atoms with Gasteiger partial charge in [-0.15, -0.1) is 0 Å². The fourth-order valence-electron chi connectivity index (χ4n) is 5.28. The van der Waals surface area contributed by atoms with Gasteiger partial charge in [-0.3, -0.25) is 9.59 Å². The molecule has 0 atom stereocenters.